The molecule has 3 aromatic rings. The molecule has 0 unspecified atom stereocenters. The fourth-order valence-electron chi connectivity index (χ4n) is 3.28. The van der Waals surface area contributed by atoms with Gasteiger partial charge in [0.2, 0.25) is 5.95 Å². The van der Waals surface area contributed by atoms with Crippen molar-refractivity contribution in [2.45, 2.75) is 18.5 Å². The Morgan fingerprint density at radius 2 is 1.80 bits per heavy atom. The summed E-state index contributed by atoms with van der Waals surface area (Å²) in [6, 6.07) is 16.4. The van der Waals surface area contributed by atoms with Crippen LogP contribution in [0.25, 0.3) is 0 Å². The van der Waals surface area contributed by atoms with E-state index < -0.39 is 0 Å². The van der Waals surface area contributed by atoms with Crippen LogP contribution < -0.4 is 14.8 Å². The van der Waals surface area contributed by atoms with Crippen LogP contribution in [0.1, 0.15) is 29.6 Å². The number of fused-ring (bicyclic) bond motifs is 1. The molecular weight excluding hydrogens is 318 g/mol. The normalized spacial score (nSPS) is 19.0. The van der Waals surface area contributed by atoms with Crippen molar-refractivity contribution in [3.8, 4) is 11.5 Å². The van der Waals surface area contributed by atoms with E-state index >= 15 is 0 Å². The Balaban J connectivity index is 1.73. The first kappa shape index (κ1) is 15.4. The van der Waals surface area contributed by atoms with Gasteiger partial charge in [-0.2, -0.15) is 0 Å². The molecule has 0 aliphatic carbocycles. The van der Waals surface area contributed by atoms with Crippen LogP contribution in [-0.2, 0) is 0 Å². The number of benzene rings is 2. The molecule has 2 heterocycles. The van der Waals surface area contributed by atoms with Crippen molar-refractivity contribution in [2.24, 2.45) is 0 Å². The van der Waals surface area contributed by atoms with Crippen LogP contribution >= 0.6 is 0 Å². The van der Waals surface area contributed by atoms with E-state index in [-0.39, 0.29) is 12.1 Å². The van der Waals surface area contributed by atoms with Gasteiger partial charge in [-0.25, -0.2) is 4.68 Å². The van der Waals surface area contributed by atoms with Gasteiger partial charge in [-0.05, 0) is 40.1 Å². The maximum absolute atomic E-state index is 5.45. The first-order valence-electron chi connectivity index (χ1n) is 8.11. The second-order valence-electron chi connectivity index (χ2n) is 5.92. The number of hydrogen-bond acceptors (Lipinski definition) is 6. The number of anilines is 1. The molecule has 0 fully saturated rings. The van der Waals surface area contributed by atoms with E-state index in [0.717, 1.165) is 12.0 Å². The van der Waals surface area contributed by atoms with Gasteiger partial charge in [-0.1, -0.05) is 41.5 Å². The monoisotopic (exact) mass is 337 g/mol. The van der Waals surface area contributed by atoms with Crippen molar-refractivity contribution in [3.63, 3.8) is 0 Å². The summed E-state index contributed by atoms with van der Waals surface area (Å²) >= 11 is 0. The van der Waals surface area contributed by atoms with Gasteiger partial charge in [-0.15, -0.1) is 0 Å². The lowest BCUT2D eigenvalue weighted by Gasteiger charge is -2.31. The summed E-state index contributed by atoms with van der Waals surface area (Å²) in [6.45, 7) is 0. The molecule has 4 rings (SSSR count). The van der Waals surface area contributed by atoms with Crippen molar-refractivity contribution in [2.75, 3.05) is 19.5 Å². The maximum Gasteiger partial charge on any atom is 0.243 e. The molecule has 7 heteroatoms. The summed E-state index contributed by atoms with van der Waals surface area (Å²) in [5.41, 5.74) is 2.29. The SMILES string of the molecule is COc1ccc([C@H]2C[C@H](c3ccccc3)Nc3nnnn32)cc1OC. The second-order valence-corrected chi connectivity index (χ2v) is 5.92. The fraction of sp³-hybridized carbons (Fsp3) is 0.278. The standard InChI is InChI=1S/C18H19N5O2/c1-24-16-9-8-13(10-17(16)25-2)15-11-14(12-6-4-3-5-7-12)19-18-20-21-22-23(15)18/h3-10,14-15H,11H2,1-2H3,(H,19,20,22)/t14-,15-/m1/s1. The number of tetrazole rings is 1. The lowest BCUT2D eigenvalue weighted by molar-refractivity contribution is 0.352. The minimum absolute atomic E-state index is 0.0104. The lowest BCUT2D eigenvalue weighted by Crippen LogP contribution is -2.28. The second kappa shape index (κ2) is 6.43. The van der Waals surface area contributed by atoms with Crippen molar-refractivity contribution in [1.82, 2.24) is 20.2 Å². The molecule has 0 saturated heterocycles. The fourth-order valence-corrected chi connectivity index (χ4v) is 3.28. The largest absolute Gasteiger partial charge is 0.493 e. The molecule has 0 amide bonds. The quantitative estimate of drug-likeness (QED) is 0.789. The topological polar surface area (TPSA) is 74.1 Å². The van der Waals surface area contributed by atoms with Gasteiger partial charge < -0.3 is 14.8 Å². The maximum atomic E-state index is 5.45. The zero-order valence-electron chi connectivity index (χ0n) is 14.1. The molecule has 2 atom stereocenters. The van der Waals surface area contributed by atoms with Crippen LogP contribution in [0, 0.1) is 0 Å². The molecule has 0 bridgehead atoms. The number of nitrogens with one attached hydrogen (secondary N) is 1. The Bertz CT molecular complexity index is 865. The molecule has 7 nitrogen and oxygen atoms in total. The minimum Gasteiger partial charge on any atom is -0.493 e. The van der Waals surface area contributed by atoms with E-state index in [0.29, 0.717) is 17.4 Å². The number of aromatic nitrogens is 4. The number of rotatable bonds is 4. The summed E-state index contributed by atoms with van der Waals surface area (Å²) in [4.78, 5) is 0. The molecule has 0 radical (unpaired) electrons. The predicted octanol–water partition coefficient (Wildman–Crippen LogP) is 2.84. The molecule has 0 spiro atoms. The van der Waals surface area contributed by atoms with Crippen LogP contribution in [-0.4, -0.2) is 34.4 Å². The lowest BCUT2D eigenvalue weighted by atomic mass is 9.93. The summed E-state index contributed by atoms with van der Waals surface area (Å²) in [7, 11) is 3.27. The molecule has 2 aromatic carbocycles. The highest BCUT2D eigenvalue weighted by Crippen LogP contribution is 2.39. The Morgan fingerprint density at radius 1 is 1.00 bits per heavy atom. The average Bonchev–Trinajstić information content (AvgIpc) is 3.16. The van der Waals surface area contributed by atoms with Gasteiger partial charge in [0, 0.05) is 0 Å². The van der Waals surface area contributed by atoms with Gasteiger partial charge in [0.15, 0.2) is 11.5 Å². The zero-order chi connectivity index (χ0) is 17.2. The number of ether oxygens (including phenoxy) is 2. The first-order valence-corrected chi connectivity index (χ1v) is 8.11. The van der Waals surface area contributed by atoms with Crippen LogP contribution in [0.4, 0.5) is 5.95 Å². The van der Waals surface area contributed by atoms with Gasteiger partial charge in [0.05, 0.1) is 26.3 Å². The van der Waals surface area contributed by atoms with Gasteiger partial charge in [0.25, 0.3) is 0 Å². The molecule has 25 heavy (non-hydrogen) atoms. The summed E-state index contributed by atoms with van der Waals surface area (Å²) in [5, 5.41) is 15.5. The molecule has 1 aliphatic rings. The van der Waals surface area contributed by atoms with Crippen LogP contribution in [0.2, 0.25) is 0 Å². The molecule has 128 valence electrons. The summed E-state index contributed by atoms with van der Waals surface area (Å²) in [5.74, 6) is 2.07. The van der Waals surface area contributed by atoms with E-state index in [4.69, 9.17) is 9.47 Å². The van der Waals surface area contributed by atoms with Crippen molar-refractivity contribution < 1.29 is 9.47 Å². The Labute approximate surface area is 145 Å². The molecule has 1 aromatic heterocycles. The smallest absolute Gasteiger partial charge is 0.243 e. The average molecular weight is 337 g/mol. The predicted molar refractivity (Wildman–Crippen MR) is 92.9 cm³/mol. The molecule has 1 N–H and O–H groups in total. The number of hydrogen-bond donors (Lipinski definition) is 1. The van der Waals surface area contributed by atoms with Crippen LogP contribution in [0.3, 0.4) is 0 Å². The zero-order valence-corrected chi connectivity index (χ0v) is 14.1. The van der Waals surface area contributed by atoms with E-state index in [9.17, 15) is 0 Å². The molecule has 0 saturated carbocycles. The Kier molecular flexibility index (Phi) is 3.97. The van der Waals surface area contributed by atoms with Crippen molar-refractivity contribution in [1.29, 1.82) is 0 Å². The Morgan fingerprint density at radius 3 is 2.56 bits per heavy atom. The third kappa shape index (κ3) is 2.77. The van der Waals surface area contributed by atoms with E-state index in [2.05, 4.69) is 33.0 Å². The van der Waals surface area contributed by atoms with E-state index in [1.54, 1.807) is 14.2 Å². The van der Waals surface area contributed by atoms with E-state index in [1.165, 1.54) is 5.56 Å². The number of methoxy groups -OCH3 is 2. The third-order valence-corrected chi connectivity index (χ3v) is 4.54. The number of nitrogens with zero attached hydrogens (tertiary/aromatic N) is 4. The highest BCUT2D eigenvalue weighted by molar-refractivity contribution is 5.45. The van der Waals surface area contributed by atoms with E-state index in [1.807, 2.05) is 41.1 Å². The summed E-state index contributed by atoms with van der Waals surface area (Å²) in [6.07, 6.45) is 0.831. The van der Waals surface area contributed by atoms with Gasteiger partial charge in [-0.3, -0.25) is 0 Å². The van der Waals surface area contributed by atoms with Crippen molar-refractivity contribution >= 4 is 5.95 Å². The third-order valence-electron chi connectivity index (χ3n) is 4.54. The van der Waals surface area contributed by atoms with Crippen molar-refractivity contribution in [3.05, 3.63) is 59.7 Å². The molecular formula is C18H19N5O2. The van der Waals surface area contributed by atoms with Crippen LogP contribution in [0.5, 0.6) is 11.5 Å². The highest BCUT2D eigenvalue weighted by atomic mass is 16.5. The Hall–Kier alpha value is -3.09. The van der Waals surface area contributed by atoms with Crippen LogP contribution in [0.15, 0.2) is 48.5 Å². The highest BCUT2D eigenvalue weighted by Gasteiger charge is 2.31. The van der Waals surface area contributed by atoms with Gasteiger partial charge in [0.1, 0.15) is 0 Å². The first-order chi connectivity index (χ1) is 12.3. The molecule has 1 aliphatic heterocycles. The van der Waals surface area contributed by atoms with Gasteiger partial charge >= 0.3 is 0 Å². The minimum atomic E-state index is 0.0104. The summed E-state index contributed by atoms with van der Waals surface area (Å²) < 4.78 is 12.6.